The number of hydrogen-bond acceptors (Lipinski definition) is 3. The molecular weight excluding hydrogens is 328 g/mol. The van der Waals surface area contributed by atoms with Crippen LogP contribution in [-0.2, 0) is 0 Å². The maximum atomic E-state index is 5.99. The first kappa shape index (κ1) is 14.3. The van der Waals surface area contributed by atoms with Gasteiger partial charge in [-0.05, 0) is 46.6 Å². The first-order valence-corrected chi connectivity index (χ1v) is 7.11. The van der Waals surface area contributed by atoms with Crippen LogP contribution in [0.25, 0.3) is 0 Å². The second-order valence-electron chi connectivity index (χ2n) is 4.55. The highest BCUT2D eigenvalue weighted by atomic mass is 79.9. The number of hydrogen-bond donors (Lipinski definition) is 0. The first-order valence-electron chi connectivity index (χ1n) is 5.94. The van der Waals surface area contributed by atoms with Gasteiger partial charge in [0.05, 0.1) is 0 Å². The first-order chi connectivity index (χ1) is 8.95. The third-order valence-electron chi connectivity index (χ3n) is 2.56. The Morgan fingerprint density at radius 1 is 1.21 bits per heavy atom. The third kappa shape index (κ3) is 3.67. The summed E-state index contributed by atoms with van der Waals surface area (Å²) in [6.07, 6.45) is 0. The SMILES string of the molecule is Cc1cc(Oc2cc(Br)nc(C(C)C)n2)ccc1Cl. The minimum atomic E-state index is 0.242. The molecule has 0 unspecified atom stereocenters. The molecule has 0 atom stereocenters. The molecule has 0 bridgehead atoms. The van der Waals surface area contributed by atoms with Crippen molar-refractivity contribution in [3.05, 3.63) is 45.3 Å². The van der Waals surface area contributed by atoms with Gasteiger partial charge in [-0.3, -0.25) is 0 Å². The van der Waals surface area contributed by atoms with E-state index in [0.717, 1.165) is 16.4 Å². The lowest BCUT2D eigenvalue weighted by molar-refractivity contribution is 0.455. The Kier molecular flexibility index (Phi) is 4.42. The Hall–Kier alpha value is -1.13. The fourth-order valence-electron chi connectivity index (χ4n) is 1.53. The molecule has 1 aromatic heterocycles. The van der Waals surface area contributed by atoms with Gasteiger partial charge in [-0.1, -0.05) is 25.4 Å². The van der Waals surface area contributed by atoms with E-state index in [9.17, 15) is 0 Å². The molecule has 2 aromatic rings. The second-order valence-corrected chi connectivity index (χ2v) is 5.77. The van der Waals surface area contributed by atoms with Crippen molar-refractivity contribution in [2.45, 2.75) is 26.7 Å². The van der Waals surface area contributed by atoms with Crippen molar-refractivity contribution in [3.63, 3.8) is 0 Å². The van der Waals surface area contributed by atoms with Gasteiger partial charge >= 0.3 is 0 Å². The average Bonchev–Trinajstić information content (AvgIpc) is 2.33. The zero-order valence-corrected chi connectivity index (χ0v) is 13.3. The van der Waals surface area contributed by atoms with E-state index in [-0.39, 0.29) is 5.92 Å². The Labute approximate surface area is 126 Å². The minimum Gasteiger partial charge on any atom is -0.439 e. The highest BCUT2D eigenvalue weighted by Gasteiger charge is 2.09. The number of halogens is 2. The Balaban J connectivity index is 2.29. The van der Waals surface area contributed by atoms with E-state index in [0.29, 0.717) is 16.2 Å². The zero-order chi connectivity index (χ0) is 14.0. The van der Waals surface area contributed by atoms with Crippen LogP contribution in [0.4, 0.5) is 0 Å². The highest BCUT2D eigenvalue weighted by molar-refractivity contribution is 9.10. The van der Waals surface area contributed by atoms with Gasteiger partial charge < -0.3 is 4.74 Å². The van der Waals surface area contributed by atoms with Gasteiger partial charge in [0.2, 0.25) is 5.88 Å². The van der Waals surface area contributed by atoms with Crippen molar-refractivity contribution in [1.29, 1.82) is 0 Å². The monoisotopic (exact) mass is 340 g/mol. The van der Waals surface area contributed by atoms with Crippen LogP contribution in [0.5, 0.6) is 11.6 Å². The molecule has 100 valence electrons. The van der Waals surface area contributed by atoms with E-state index in [2.05, 4.69) is 25.9 Å². The molecule has 0 fully saturated rings. The van der Waals surface area contributed by atoms with Crippen molar-refractivity contribution in [2.24, 2.45) is 0 Å². The van der Waals surface area contributed by atoms with E-state index in [1.807, 2.05) is 39.0 Å². The highest BCUT2D eigenvalue weighted by Crippen LogP contribution is 2.27. The molecule has 0 saturated carbocycles. The smallest absolute Gasteiger partial charge is 0.223 e. The lowest BCUT2D eigenvalue weighted by Crippen LogP contribution is -2.00. The van der Waals surface area contributed by atoms with Gasteiger partial charge in [-0.2, -0.15) is 4.98 Å². The molecule has 0 radical (unpaired) electrons. The summed E-state index contributed by atoms with van der Waals surface area (Å²) in [7, 11) is 0. The molecular formula is C14H14BrClN2O. The average molecular weight is 342 g/mol. The summed E-state index contributed by atoms with van der Waals surface area (Å²) in [5.74, 6) is 2.22. The lowest BCUT2D eigenvalue weighted by Gasteiger charge is -2.09. The van der Waals surface area contributed by atoms with E-state index in [4.69, 9.17) is 16.3 Å². The maximum absolute atomic E-state index is 5.99. The summed E-state index contributed by atoms with van der Waals surface area (Å²) in [6.45, 7) is 6.01. The van der Waals surface area contributed by atoms with Gasteiger partial charge in [0.15, 0.2) is 0 Å². The normalized spacial score (nSPS) is 10.8. The predicted molar refractivity (Wildman–Crippen MR) is 80.1 cm³/mol. The molecule has 1 aromatic carbocycles. The molecule has 0 saturated heterocycles. The quantitative estimate of drug-likeness (QED) is 0.727. The lowest BCUT2D eigenvalue weighted by atomic mass is 10.2. The molecule has 5 heteroatoms. The Morgan fingerprint density at radius 2 is 1.95 bits per heavy atom. The van der Waals surface area contributed by atoms with Gasteiger partial charge in [-0.25, -0.2) is 4.98 Å². The van der Waals surface area contributed by atoms with Gasteiger partial charge in [-0.15, -0.1) is 0 Å². The van der Waals surface area contributed by atoms with Crippen LogP contribution >= 0.6 is 27.5 Å². The van der Waals surface area contributed by atoms with Crippen LogP contribution in [0, 0.1) is 6.92 Å². The standard InChI is InChI=1S/C14H14BrClN2O/c1-8(2)14-17-12(15)7-13(18-14)19-10-4-5-11(16)9(3)6-10/h4-8H,1-3H3. The van der Waals surface area contributed by atoms with Crippen LogP contribution in [-0.4, -0.2) is 9.97 Å². The number of ether oxygens (including phenoxy) is 1. The fraction of sp³-hybridized carbons (Fsp3) is 0.286. The molecule has 0 aliphatic heterocycles. The molecule has 0 N–H and O–H groups in total. The van der Waals surface area contributed by atoms with Crippen LogP contribution in [0.3, 0.4) is 0 Å². The molecule has 0 aliphatic carbocycles. The summed E-state index contributed by atoms with van der Waals surface area (Å²) >= 11 is 9.36. The Bertz CT molecular complexity index is 602. The van der Waals surface area contributed by atoms with Gasteiger partial charge in [0.25, 0.3) is 0 Å². The summed E-state index contributed by atoms with van der Waals surface area (Å²) in [5.41, 5.74) is 0.969. The number of aromatic nitrogens is 2. The van der Waals surface area contributed by atoms with Crippen molar-refractivity contribution in [1.82, 2.24) is 9.97 Å². The topological polar surface area (TPSA) is 35.0 Å². The van der Waals surface area contributed by atoms with Crippen molar-refractivity contribution in [2.75, 3.05) is 0 Å². The van der Waals surface area contributed by atoms with Crippen molar-refractivity contribution < 1.29 is 4.74 Å². The summed E-state index contributed by atoms with van der Waals surface area (Å²) < 4.78 is 6.46. The van der Waals surface area contributed by atoms with Crippen LogP contribution in [0.2, 0.25) is 5.02 Å². The molecule has 0 aliphatic rings. The summed E-state index contributed by atoms with van der Waals surface area (Å²) in [4.78, 5) is 8.70. The Morgan fingerprint density at radius 3 is 2.58 bits per heavy atom. The molecule has 2 rings (SSSR count). The van der Waals surface area contributed by atoms with E-state index in [1.54, 1.807) is 6.07 Å². The zero-order valence-electron chi connectivity index (χ0n) is 10.9. The summed E-state index contributed by atoms with van der Waals surface area (Å²) in [5, 5.41) is 0.721. The van der Waals surface area contributed by atoms with Crippen LogP contribution in [0.1, 0.15) is 31.2 Å². The minimum absolute atomic E-state index is 0.242. The molecule has 0 amide bonds. The fourth-order valence-corrected chi connectivity index (χ4v) is 2.02. The maximum Gasteiger partial charge on any atom is 0.223 e. The summed E-state index contributed by atoms with van der Waals surface area (Å²) in [6, 6.07) is 7.26. The van der Waals surface area contributed by atoms with E-state index < -0.39 is 0 Å². The predicted octanol–water partition coefficient (Wildman–Crippen LogP) is 5.12. The number of nitrogens with zero attached hydrogens (tertiary/aromatic N) is 2. The largest absolute Gasteiger partial charge is 0.439 e. The van der Waals surface area contributed by atoms with E-state index >= 15 is 0 Å². The molecule has 1 heterocycles. The van der Waals surface area contributed by atoms with Gasteiger partial charge in [0.1, 0.15) is 16.2 Å². The van der Waals surface area contributed by atoms with Crippen molar-refractivity contribution in [3.8, 4) is 11.6 Å². The second kappa shape index (κ2) is 5.88. The van der Waals surface area contributed by atoms with Gasteiger partial charge in [0, 0.05) is 17.0 Å². The number of benzene rings is 1. The van der Waals surface area contributed by atoms with Crippen molar-refractivity contribution >= 4 is 27.5 Å². The number of rotatable bonds is 3. The van der Waals surface area contributed by atoms with E-state index in [1.165, 1.54) is 0 Å². The third-order valence-corrected chi connectivity index (χ3v) is 3.39. The van der Waals surface area contributed by atoms with Crippen LogP contribution in [0.15, 0.2) is 28.9 Å². The number of aryl methyl sites for hydroxylation is 1. The molecule has 0 spiro atoms. The molecule has 3 nitrogen and oxygen atoms in total. The van der Waals surface area contributed by atoms with Crippen LogP contribution < -0.4 is 4.74 Å². The molecule has 19 heavy (non-hydrogen) atoms.